The molecule has 0 spiro atoms. The zero-order valence-electron chi connectivity index (χ0n) is 5.04. The van der Waals surface area contributed by atoms with E-state index >= 15 is 0 Å². The minimum absolute atomic E-state index is 0.356. The molecule has 4 heteroatoms. The zero-order chi connectivity index (χ0) is 7.40. The van der Waals surface area contributed by atoms with E-state index in [1.54, 1.807) is 0 Å². The second-order valence-electron chi connectivity index (χ2n) is 1.65. The van der Waals surface area contributed by atoms with E-state index in [0.717, 1.165) is 6.20 Å². The Morgan fingerprint density at radius 1 is 1.60 bits per heavy atom. The molecule has 0 atom stereocenters. The summed E-state index contributed by atoms with van der Waals surface area (Å²) in [5, 5.41) is 2.27. The second kappa shape index (κ2) is 2.91. The summed E-state index contributed by atoms with van der Waals surface area (Å²) in [4.78, 5) is 13.3. The Morgan fingerprint density at radius 3 is 3.00 bits per heavy atom. The van der Waals surface area contributed by atoms with E-state index in [-0.39, 0.29) is 0 Å². The monoisotopic (exact) mass is 140 g/mol. The SMILES string of the molecule is O=CNc1cncc(F)c1. The molecule has 3 nitrogen and oxygen atoms in total. The summed E-state index contributed by atoms with van der Waals surface area (Å²) < 4.78 is 12.3. The van der Waals surface area contributed by atoms with Crippen LogP contribution in [0, 0.1) is 5.82 Å². The van der Waals surface area contributed by atoms with Crippen molar-refractivity contribution < 1.29 is 9.18 Å². The molecule has 0 aliphatic carbocycles. The minimum Gasteiger partial charge on any atom is -0.327 e. The smallest absolute Gasteiger partial charge is 0.211 e. The molecule has 1 aromatic heterocycles. The molecule has 0 saturated heterocycles. The standard InChI is InChI=1S/C6H5FN2O/c7-5-1-6(9-4-10)3-8-2-5/h1-4H,(H,9,10). The molecule has 1 rings (SSSR count). The number of rotatable bonds is 2. The van der Waals surface area contributed by atoms with Crippen molar-refractivity contribution in [3.8, 4) is 0 Å². The topological polar surface area (TPSA) is 42.0 Å². The average Bonchev–Trinajstić information content (AvgIpc) is 1.88. The largest absolute Gasteiger partial charge is 0.327 e. The van der Waals surface area contributed by atoms with E-state index in [2.05, 4.69) is 10.3 Å². The maximum Gasteiger partial charge on any atom is 0.211 e. The predicted octanol–water partition coefficient (Wildman–Crippen LogP) is 0.789. The molecular weight excluding hydrogens is 135 g/mol. The lowest BCUT2D eigenvalue weighted by Gasteiger charge is -1.94. The number of nitrogens with one attached hydrogen (secondary N) is 1. The molecule has 0 aromatic carbocycles. The van der Waals surface area contributed by atoms with Gasteiger partial charge in [0.25, 0.3) is 0 Å². The van der Waals surface area contributed by atoms with Crippen LogP contribution in [-0.4, -0.2) is 11.4 Å². The van der Waals surface area contributed by atoms with Gasteiger partial charge in [-0.25, -0.2) is 4.39 Å². The third-order valence-electron chi connectivity index (χ3n) is 0.930. The van der Waals surface area contributed by atoms with E-state index in [1.165, 1.54) is 12.3 Å². The third-order valence-corrected chi connectivity index (χ3v) is 0.930. The molecule has 1 N–H and O–H groups in total. The van der Waals surface area contributed by atoms with Crippen LogP contribution in [-0.2, 0) is 4.79 Å². The quantitative estimate of drug-likeness (QED) is 0.617. The molecule has 0 radical (unpaired) electrons. The van der Waals surface area contributed by atoms with Crippen molar-refractivity contribution in [2.24, 2.45) is 0 Å². The molecular formula is C6H5FN2O. The number of pyridine rings is 1. The van der Waals surface area contributed by atoms with Gasteiger partial charge in [-0.3, -0.25) is 9.78 Å². The van der Waals surface area contributed by atoms with Gasteiger partial charge in [0.05, 0.1) is 18.1 Å². The van der Waals surface area contributed by atoms with E-state index in [9.17, 15) is 9.18 Å². The first-order valence-electron chi connectivity index (χ1n) is 2.63. The molecule has 0 aliphatic rings. The minimum atomic E-state index is -0.466. The number of anilines is 1. The van der Waals surface area contributed by atoms with Crippen LogP contribution in [0.15, 0.2) is 18.5 Å². The van der Waals surface area contributed by atoms with E-state index in [0.29, 0.717) is 12.1 Å². The van der Waals surface area contributed by atoms with E-state index in [4.69, 9.17) is 0 Å². The van der Waals surface area contributed by atoms with Crippen molar-refractivity contribution >= 4 is 12.1 Å². The highest BCUT2D eigenvalue weighted by Gasteiger charge is 1.91. The Morgan fingerprint density at radius 2 is 2.40 bits per heavy atom. The molecule has 52 valence electrons. The van der Waals surface area contributed by atoms with Crippen molar-refractivity contribution in [3.05, 3.63) is 24.3 Å². The Bertz CT molecular complexity index is 239. The molecule has 1 amide bonds. The molecule has 0 bridgehead atoms. The van der Waals surface area contributed by atoms with Crippen LogP contribution in [0.25, 0.3) is 0 Å². The summed E-state index contributed by atoms with van der Waals surface area (Å²) in [7, 11) is 0. The molecule has 1 heterocycles. The van der Waals surface area contributed by atoms with Crippen LogP contribution in [0.2, 0.25) is 0 Å². The summed E-state index contributed by atoms with van der Waals surface area (Å²) in [6, 6.07) is 1.18. The van der Waals surface area contributed by atoms with Crippen LogP contribution in [0.3, 0.4) is 0 Å². The number of amides is 1. The molecule has 0 aliphatic heterocycles. The predicted molar refractivity (Wildman–Crippen MR) is 33.9 cm³/mol. The fraction of sp³-hybridized carbons (Fsp3) is 0. The number of hydrogen-bond donors (Lipinski definition) is 1. The summed E-state index contributed by atoms with van der Waals surface area (Å²) in [5.41, 5.74) is 0.356. The highest BCUT2D eigenvalue weighted by molar-refractivity contribution is 5.70. The van der Waals surface area contributed by atoms with Gasteiger partial charge >= 0.3 is 0 Å². The van der Waals surface area contributed by atoms with Crippen molar-refractivity contribution in [1.29, 1.82) is 0 Å². The Kier molecular flexibility index (Phi) is 1.94. The first kappa shape index (κ1) is 6.67. The third kappa shape index (κ3) is 1.51. The number of aromatic nitrogens is 1. The van der Waals surface area contributed by atoms with Crippen LogP contribution < -0.4 is 5.32 Å². The number of hydrogen-bond acceptors (Lipinski definition) is 2. The number of carbonyl (C=O) groups is 1. The molecule has 1 aromatic rings. The fourth-order valence-electron chi connectivity index (χ4n) is 0.559. The normalized spacial score (nSPS) is 8.90. The lowest BCUT2D eigenvalue weighted by atomic mass is 10.4. The highest BCUT2D eigenvalue weighted by Crippen LogP contribution is 2.04. The second-order valence-corrected chi connectivity index (χ2v) is 1.65. The van der Waals surface area contributed by atoms with Gasteiger partial charge in [0, 0.05) is 6.07 Å². The summed E-state index contributed by atoms with van der Waals surface area (Å²) in [6.07, 6.45) is 2.89. The van der Waals surface area contributed by atoms with Gasteiger partial charge < -0.3 is 5.32 Å². The number of carbonyl (C=O) groups excluding carboxylic acids is 1. The molecule has 0 unspecified atom stereocenters. The first-order chi connectivity index (χ1) is 4.83. The summed E-state index contributed by atoms with van der Waals surface area (Å²) >= 11 is 0. The van der Waals surface area contributed by atoms with Gasteiger partial charge in [-0.05, 0) is 0 Å². The first-order valence-corrected chi connectivity index (χ1v) is 2.63. The summed E-state index contributed by atoms with van der Waals surface area (Å²) in [6.45, 7) is 0. The molecule has 0 fully saturated rings. The Hall–Kier alpha value is -1.45. The fourth-order valence-corrected chi connectivity index (χ4v) is 0.559. The van der Waals surface area contributed by atoms with Crippen LogP contribution in [0.1, 0.15) is 0 Å². The van der Waals surface area contributed by atoms with Gasteiger partial charge in [0.15, 0.2) is 0 Å². The lowest BCUT2D eigenvalue weighted by Crippen LogP contribution is -1.94. The van der Waals surface area contributed by atoms with Crippen molar-refractivity contribution in [2.45, 2.75) is 0 Å². The van der Waals surface area contributed by atoms with Crippen LogP contribution >= 0.6 is 0 Å². The maximum atomic E-state index is 12.3. The maximum absolute atomic E-state index is 12.3. The van der Waals surface area contributed by atoms with Gasteiger partial charge in [-0.2, -0.15) is 0 Å². The molecule has 0 saturated carbocycles. The van der Waals surface area contributed by atoms with Crippen molar-refractivity contribution in [2.75, 3.05) is 5.32 Å². The van der Waals surface area contributed by atoms with Gasteiger partial charge in [-0.15, -0.1) is 0 Å². The Balaban J connectivity index is 2.84. The van der Waals surface area contributed by atoms with Crippen molar-refractivity contribution in [1.82, 2.24) is 4.98 Å². The average molecular weight is 140 g/mol. The Labute approximate surface area is 56.9 Å². The zero-order valence-corrected chi connectivity index (χ0v) is 5.04. The van der Waals surface area contributed by atoms with Crippen LogP contribution in [0.5, 0.6) is 0 Å². The number of nitrogens with zero attached hydrogens (tertiary/aromatic N) is 1. The van der Waals surface area contributed by atoms with Crippen LogP contribution in [0.4, 0.5) is 10.1 Å². The number of halogens is 1. The summed E-state index contributed by atoms with van der Waals surface area (Å²) in [5.74, 6) is -0.466. The molecule has 10 heavy (non-hydrogen) atoms. The lowest BCUT2D eigenvalue weighted by molar-refractivity contribution is -0.105. The van der Waals surface area contributed by atoms with Gasteiger partial charge in [0.2, 0.25) is 6.41 Å². The highest BCUT2D eigenvalue weighted by atomic mass is 19.1. The van der Waals surface area contributed by atoms with E-state index < -0.39 is 5.82 Å². The van der Waals surface area contributed by atoms with Gasteiger partial charge in [-0.1, -0.05) is 0 Å². The van der Waals surface area contributed by atoms with Gasteiger partial charge in [0.1, 0.15) is 5.82 Å². The van der Waals surface area contributed by atoms with Crippen molar-refractivity contribution in [3.63, 3.8) is 0 Å². The van der Waals surface area contributed by atoms with E-state index in [1.807, 2.05) is 0 Å².